The number of ether oxygens (including phenoxy) is 1. The van der Waals surface area contributed by atoms with Gasteiger partial charge in [-0.1, -0.05) is 59.4 Å². The largest absolute Gasteiger partial charge is 0.496 e. The Balaban J connectivity index is 2.54. The number of alkyl halides is 1. The maximum atomic E-state index is 6.10. The van der Waals surface area contributed by atoms with Gasteiger partial charge in [0.2, 0.25) is 0 Å². The van der Waals surface area contributed by atoms with Gasteiger partial charge >= 0.3 is 0 Å². The summed E-state index contributed by atoms with van der Waals surface area (Å²) in [5.41, 5.74) is 3.29. The second-order valence-electron chi connectivity index (χ2n) is 4.37. The Morgan fingerprint density at radius 1 is 1.05 bits per heavy atom. The van der Waals surface area contributed by atoms with Gasteiger partial charge in [-0.05, 0) is 48.4 Å². The summed E-state index contributed by atoms with van der Waals surface area (Å²) in [6.45, 7) is 2.06. The van der Waals surface area contributed by atoms with Gasteiger partial charge in [-0.25, -0.2) is 0 Å². The van der Waals surface area contributed by atoms with E-state index in [1.54, 1.807) is 7.11 Å². The molecule has 2 rings (SSSR count). The van der Waals surface area contributed by atoms with E-state index in [2.05, 4.69) is 66.8 Å². The van der Waals surface area contributed by atoms with Crippen molar-refractivity contribution in [3.05, 3.63) is 61.0 Å². The standard InChI is InChI=1S/C15H12Br3ClO/c1-8-5-13(17)10(7-12(8)16)15(18)11-6-9(19)3-4-14(11)20-2/h3-7,15H,1-2H3. The minimum Gasteiger partial charge on any atom is -0.496 e. The van der Waals surface area contributed by atoms with Crippen molar-refractivity contribution in [2.24, 2.45) is 0 Å². The van der Waals surface area contributed by atoms with Crippen molar-refractivity contribution in [3.63, 3.8) is 0 Å². The van der Waals surface area contributed by atoms with Crippen LogP contribution in [-0.2, 0) is 0 Å². The van der Waals surface area contributed by atoms with Crippen LogP contribution in [0.1, 0.15) is 21.5 Å². The number of aryl methyl sites for hydroxylation is 1. The number of rotatable bonds is 3. The van der Waals surface area contributed by atoms with Crippen LogP contribution < -0.4 is 4.74 Å². The molecule has 0 aliphatic heterocycles. The van der Waals surface area contributed by atoms with Crippen LogP contribution in [0.4, 0.5) is 0 Å². The third-order valence-corrected chi connectivity index (χ3v) is 5.78. The summed E-state index contributed by atoms with van der Waals surface area (Å²) in [5, 5.41) is 0.688. The lowest BCUT2D eigenvalue weighted by Gasteiger charge is -2.17. The summed E-state index contributed by atoms with van der Waals surface area (Å²) < 4.78 is 7.54. The maximum absolute atomic E-state index is 6.10. The first-order valence-corrected chi connectivity index (χ1v) is 8.75. The molecule has 0 saturated heterocycles. The Bertz CT molecular complexity index is 643. The lowest BCUT2D eigenvalue weighted by Crippen LogP contribution is -1.99. The molecule has 0 N–H and O–H groups in total. The molecule has 2 aromatic carbocycles. The molecular formula is C15H12Br3ClO. The lowest BCUT2D eigenvalue weighted by atomic mass is 10.0. The molecular weight excluding hydrogens is 471 g/mol. The van der Waals surface area contributed by atoms with E-state index in [1.807, 2.05) is 18.2 Å². The Morgan fingerprint density at radius 2 is 1.75 bits per heavy atom. The van der Waals surface area contributed by atoms with Crippen LogP contribution in [-0.4, -0.2) is 7.11 Å². The van der Waals surface area contributed by atoms with Gasteiger partial charge in [-0.2, -0.15) is 0 Å². The number of hydrogen-bond donors (Lipinski definition) is 0. The van der Waals surface area contributed by atoms with E-state index in [9.17, 15) is 0 Å². The summed E-state index contributed by atoms with van der Waals surface area (Å²) >= 11 is 17.0. The molecule has 2 aromatic rings. The normalized spacial score (nSPS) is 12.3. The SMILES string of the molecule is COc1ccc(Cl)cc1C(Br)c1cc(Br)c(C)cc1Br. The minimum absolute atomic E-state index is 0.0116. The summed E-state index contributed by atoms with van der Waals surface area (Å²) in [5.74, 6) is 0.805. The predicted molar refractivity (Wildman–Crippen MR) is 95.4 cm³/mol. The Kier molecular flexibility index (Phi) is 5.57. The van der Waals surface area contributed by atoms with Gasteiger partial charge < -0.3 is 4.74 Å². The quantitative estimate of drug-likeness (QED) is 0.444. The second-order valence-corrected chi connectivity index (χ2v) is 7.43. The van der Waals surface area contributed by atoms with Gasteiger partial charge in [0, 0.05) is 19.5 Å². The summed E-state index contributed by atoms with van der Waals surface area (Å²) in [4.78, 5) is -0.0116. The van der Waals surface area contributed by atoms with Crippen molar-refractivity contribution < 1.29 is 4.74 Å². The van der Waals surface area contributed by atoms with E-state index < -0.39 is 0 Å². The number of benzene rings is 2. The molecule has 0 fully saturated rings. The van der Waals surface area contributed by atoms with Crippen molar-refractivity contribution in [1.29, 1.82) is 0 Å². The number of halogens is 4. The van der Waals surface area contributed by atoms with E-state index in [1.165, 1.54) is 5.56 Å². The zero-order chi connectivity index (χ0) is 14.9. The van der Waals surface area contributed by atoms with E-state index in [-0.39, 0.29) is 4.83 Å². The van der Waals surface area contributed by atoms with Crippen molar-refractivity contribution in [2.75, 3.05) is 7.11 Å². The molecule has 1 unspecified atom stereocenters. The maximum Gasteiger partial charge on any atom is 0.123 e. The Hall–Kier alpha value is -0.0300. The molecule has 0 aliphatic carbocycles. The van der Waals surface area contributed by atoms with E-state index in [4.69, 9.17) is 16.3 Å². The molecule has 0 spiro atoms. The highest BCUT2D eigenvalue weighted by Gasteiger charge is 2.19. The molecule has 20 heavy (non-hydrogen) atoms. The fourth-order valence-electron chi connectivity index (χ4n) is 1.93. The van der Waals surface area contributed by atoms with Gasteiger partial charge in [0.25, 0.3) is 0 Å². The third-order valence-electron chi connectivity index (χ3n) is 3.02. The average molecular weight is 483 g/mol. The zero-order valence-corrected chi connectivity index (χ0v) is 16.4. The lowest BCUT2D eigenvalue weighted by molar-refractivity contribution is 0.410. The van der Waals surface area contributed by atoms with Crippen LogP contribution >= 0.6 is 59.4 Å². The predicted octanol–water partition coefficient (Wildman–Crippen LogP) is 6.67. The minimum atomic E-state index is -0.0116. The van der Waals surface area contributed by atoms with E-state index >= 15 is 0 Å². The monoisotopic (exact) mass is 480 g/mol. The van der Waals surface area contributed by atoms with Gasteiger partial charge in [0.1, 0.15) is 5.75 Å². The van der Waals surface area contributed by atoms with Crippen LogP contribution in [0.5, 0.6) is 5.75 Å². The molecule has 0 bridgehead atoms. The van der Waals surface area contributed by atoms with Gasteiger partial charge in [0.05, 0.1) is 11.9 Å². The summed E-state index contributed by atoms with van der Waals surface area (Å²) in [6, 6.07) is 9.80. The fraction of sp³-hybridized carbons (Fsp3) is 0.200. The molecule has 1 nitrogen and oxygen atoms in total. The molecule has 106 valence electrons. The molecule has 0 radical (unpaired) electrons. The van der Waals surface area contributed by atoms with Gasteiger partial charge in [0.15, 0.2) is 0 Å². The highest BCUT2D eigenvalue weighted by atomic mass is 79.9. The number of methoxy groups -OCH3 is 1. The van der Waals surface area contributed by atoms with Crippen molar-refractivity contribution in [2.45, 2.75) is 11.8 Å². The van der Waals surface area contributed by atoms with Crippen LogP contribution in [0.15, 0.2) is 39.3 Å². The van der Waals surface area contributed by atoms with Crippen LogP contribution in [0.25, 0.3) is 0 Å². The van der Waals surface area contributed by atoms with E-state index in [0.29, 0.717) is 5.02 Å². The number of hydrogen-bond acceptors (Lipinski definition) is 1. The topological polar surface area (TPSA) is 9.23 Å². The van der Waals surface area contributed by atoms with Crippen molar-refractivity contribution >= 4 is 59.4 Å². The molecule has 1 atom stereocenters. The molecule has 0 saturated carbocycles. The van der Waals surface area contributed by atoms with Gasteiger partial charge in [-0.15, -0.1) is 0 Å². The molecule has 0 aromatic heterocycles. The van der Waals surface area contributed by atoms with Crippen LogP contribution in [0.2, 0.25) is 5.02 Å². The first kappa shape index (κ1) is 16.3. The fourth-order valence-corrected chi connectivity index (χ4v) is 4.20. The van der Waals surface area contributed by atoms with Crippen LogP contribution in [0.3, 0.4) is 0 Å². The highest BCUT2D eigenvalue weighted by Crippen LogP contribution is 2.42. The first-order valence-electron chi connectivity index (χ1n) is 5.87. The zero-order valence-electron chi connectivity index (χ0n) is 10.9. The molecule has 0 heterocycles. The smallest absolute Gasteiger partial charge is 0.123 e. The summed E-state index contributed by atoms with van der Waals surface area (Å²) in [7, 11) is 1.66. The van der Waals surface area contributed by atoms with E-state index in [0.717, 1.165) is 25.8 Å². The average Bonchev–Trinajstić information content (AvgIpc) is 2.42. The molecule has 5 heteroatoms. The summed E-state index contributed by atoms with van der Waals surface area (Å²) in [6.07, 6.45) is 0. The second kappa shape index (κ2) is 6.82. The molecule has 0 amide bonds. The van der Waals surface area contributed by atoms with Gasteiger partial charge in [-0.3, -0.25) is 0 Å². The van der Waals surface area contributed by atoms with Crippen molar-refractivity contribution in [1.82, 2.24) is 0 Å². The first-order chi connectivity index (χ1) is 9.43. The molecule has 0 aliphatic rings. The highest BCUT2D eigenvalue weighted by molar-refractivity contribution is 9.11. The Morgan fingerprint density at radius 3 is 2.40 bits per heavy atom. The Labute approximate surface area is 149 Å². The van der Waals surface area contributed by atoms with Crippen molar-refractivity contribution in [3.8, 4) is 5.75 Å². The van der Waals surface area contributed by atoms with Crippen LogP contribution in [0, 0.1) is 6.92 Å². The third kappa shape index (κ3) is 3.41.